The summed E-state index contributed by atoms with van der Waals surface area (Å²) in [6, 6.07) is 0. The minimum Gasteiger partial charge on any atom is -0.628 e. The Hall–Kier alpha value is -0.740. The van der Waals surface area contributed by atoms with Crippen LogP contribution in [-0.2, 0) is 4.79 Å². The number of amides is 1. The lowest BCUT2D eigenvalue weighted by Gasteiger charge is -2.22. The van der Waals surface area contributed by atoms with E-state index in [1.54, 1.807) is 0 Å². The predicted octanol–water partition coefficient (Wildman–Crippen LogP) is -0.746. The van der Waals surface area contributed by atoms with Crippen molar-refractivity contribution in [3.05, 3.63) is 12.7 Å². The number of quaternary nitrogens is 1. The zero-order chi connectivity index (χ0) is 12.8. The van der Waals surface area contributed by atoms with Gasteiger partial charge in [-0.25, -0.2) is 0 Å². The maximum Gasteiger partial charge on any atom is 0.273 e. The van der Waals surface area contributed by atoms with Crippen LogP contribution in [-0.4, -0.2) is 61.4 Å². The van der Waals surface area contributed by atoms with E-state index in [-0.39, 0.29) is 24.1 Å². The largest absolute Gasteiger partial charge is 0.628 e. The molecule has 0 fully saturated rings. The first-order chi connectivity index (χ1) is 7.26. The first kappa shape index (κ1) is 15.3. The maximum absolute atomic E-state index is 11.6. The minimum absolute atomic E-state index is 0.00430. The van der Waals surface area contributed by atoms with Gasteiger partial charge in [0.2, 0.25) is 5.91 Å². The average Bonchev–Trinajstić information content (AvgIpc) is 2.14. The Kier molecular flexibility index (Phi) is 6.45. The number of aliphatic hydroxyl groups excluding tert-OH is 1. The van der Waals surface area contributed by atoms with Gasteiger partial charge in [0.05, 0.1) is 35.5 Å². The molecule has 0 aromatic heterocycles. The lowest BCUT2D eigenvalue weighted by atomic mass is 10.5. The summed E-state index contributed by atoms with van der Waals surface area (Å²) < 4.78 is 0.520. The van der Waals surface area contributed by atoms with Crippen LogP contribution in [0.2, 0.25) is 0 Å². The van der Waals surface area contributed by atoms with Crippen LogP contribution in [0.15, 0.2) is 12.7 Å². The lowest BCUT2D eigenvalue weighted by Crippen LogP contribution is -2.40. The first-order valence-corrected chi connectivity index (χ1v) is 6.41. The number of nitrogens with zero attached hydrogens (tertiary/aromatic N) is 1. The van der Waals surface area contributed by atoms with Gasteiger partial charge in [0.1, 0.15) is 6.16 Å². The molecule has 0 rings (SSSR count). The lowest BCUT2D eigenvalue weighted by molar-refractivity contribution is -0.861. The fourth-order valence-corrected chi connectivity index (χ4v) is 2.14. The molecule has 0 aliphatic heterocycles. The number of carbonyl (C=O) groups is 1. The molecule has 2 N–H and O–H groups in total. The third kappa shape index (κ3) is 7.54. The molecular weight excluding hydrogens is 227 g/mol. The molecule has 0 aromatic carbocycles. The van der Waals surface area contributed by atoms with Gasteiger partial charge >= 0.3 is 0 Å². The van der Waals surface area contributed by atoms with Gasteiger partial charge in [0.15, 0.2) is 6.54 Å². The van der Waals surface area contributed by atoms with Crippen molar-refractivity contribution in [1.82, 2.24) is 5.32 Å². The summed E-state index contributed by atoms with van der Waals surface area (Å²) in [6.07, 6.45) is 1.41. The molecule has 0 saturated heterocycles. The second-order valence-electron chi connectivity index (χ2n) is 4.46. The fourth-order valence-electron chi connectivity index (χ4n) is 0.985. The monoisotopic (exact) mass is 247 g/mol. The molecule has 1 amide bonds. The van der Waals surface area contributed by atoms with Crippen LogP contribution in [0.3, 0.4) is 0 Å². The Morgan fingerprint density at radius 2 is 2.12 bits per heavy atom. The SMILES string of the molecule is C=CC(=O)NCC/[P+]([O-])=C(\O)C[N+](C)(C)C. The molecule has 92 valence electrons. The summed E-state index contributed by atoms with van der Waals surface area (Å²) in [6.45, 7) is 3.93. The summed E-state index contributed by atoms with van der Waals surface area (Å²) in [7, 11) is 3.92. The molecule has 16 heavy (non-hydrogen) atoms. The van der Waals surface area contributed by atoms with Crippen LogP contribution >= 0.6 is 7.77 Å². The normalized spacial score (nSPS) is 13.1. The average molecular weight is 247 g/mol. The number of nitrogens with one attached hydrogen (secondary N) is 1. The van der Waals surface area contributed by atoms with E-state index in [4.69, 9.17) is 0 Å². The van der Waals surface area contributed by atoms with Crippen molar-refractivity contribution in [2.75, 3.05) is 40.4 Å². The topological polar surface area (TPSA) is 72.4 Å². The van der Waals surface area contributed by atoms with E-state index >= 15 is 0 Å². The van der Waals surface area contributed by atoms with Crippen LogP contribution in [0.25, 0.3) is 0 Å². The number of hydrogen-bond donors (Lipinski definition) is 2. The van der Waals surface area contributed by atoms with Crippen molar-refractivity contribution in [2.45, 2.75) is 0 Å². The van der Waals surface area contributed by atoms with Crippen molar-refractivity contribution in [1.29, 1.82) is 0 Å². The molecule has 0 bridgehead atoms. The second-order valence-corrected chi connectivity index (χ2v) is 6.18. The molecule has 0 aromatic rings. The number of likely N-dealkylation sites (N-methyl/N-ethyl adjacent to an activating group) is 1. The quantitative estimate of drug-likeness (QED) is 0.369. The second kappa shape index (κ2) is 6.76. The highest BCUT2D eigenvalue weighted by Crippen LogP contribution is 2.12. The predicted molar refractivity (Wildman–Crippen MR) is 64.8 cm³/mol. The van der Waals surface area contributed by atoms with Crippen molar-refractivity contribution >= 4 is 19.2 Å². The molecule has 5 nitrogen and oxygen atoms in total. The Morgan fingerprint density at radius 1 is 1.56 bits per heavy atom. The smallest absolute Gasteiger partial charge is 0.273 e. The summed E-state index contributed by atoms with van der Waals surface area (Å²) in [4.78, 5) is 22.4. The van der Waals surface area contributed by atoms with Gasteiger partial charge in [0, 0.05) is 0 Å². The van der Waals surface area contributed by atoms with Crippen molar-refractivity contribution in [3.8, 4) is 0 Å². The van der Waals surface area contributed by atoms with E-state index in [0.29, 0.717) is 11.0 Å². The highest BCUT2D eigenvalue weighted by Gasteiger charge is 2.16. The summed E-state index contributed by atoms with van der Waals surface area (Å²) in [5.74, 6) is -0.297. The van der Waals surface area contributed by atoms with Crippen molar-refractivity contribution in [3.63, 3.8) is 0 Å². The van der Waals surface area contributed by atoms with Gasteiger partial charge < -0.3 is 19.8 Å². The van der Waals surface area contributed by atoms with Crippen LogP contribution in [0, 0.1) is 0 Å². The number of hydrogen-bond acceptors (Lipinski definition) is 2. The van der Waals surface area contributed by atoms with Crippen LogP contribution in [0.4, 0.5) is 0 Å². The van der Waals surface area contributed by atoms with E-state index in [1.165, 1.54) is 0 Å². The number of rotatable bonds is 6. The zero-order valence-electron chi connectivity index (χ0n) is 10.1. The van der Waals surface area contributed by atoms with Gasteiger partial charge in [0.25, 0.3) is 5.48 Å². The van der Waals surface area contributed by atoms with Crippen LogP contribution in [0.5, 0.6) is 0 Å². The van der Waals surface area contributed by atoms with E-state index in [1.807, 2.05) is 21.1 Å². The molecule has 6 heteroatoms. The van der Waals surface area contributed by atoms with E-state index in [0.717, 1.165) is 6.08 Å². The zero-order valence-corrected chi connectivity index (χ0v) is 11.0. The minimum atomic E-state index is -1.78. The molecule has 1 unspecified atom stereocenters. The van der Waals surface area contributed by atoms with Gasteiger partial charge in [-0.2, -0.15) is 0 Å². The summed E-state index contributed by atoms with van der Waals surface area (Å²) in [5.41, 5.74) is -0.00430. The highest BCUT2D eigenvalue weighted by atomic mass is 31.1. The molecule has 0 spiro atoms. The Balaban J connectivity index is 4.12. The third-order valence-corrected chi connectivity index (χ3v) is 3.05. The van der Waals surface area contributed by atoms with Gasteiger partial charge in [-0.05, 0) is 6.08 Å². The number of carbonyl (C=O) groups excluding carboxylic acids is 1. The maximum atomic E-state index is 11.6. The third-order valence-electron chi connectivity index (χ3n) is 1.70. The molecule has 0 saturated carbocycles. The van der Waals surface area contributed by atoms with Gasteiger partial charge in [-0.15, -0.1) is 0 Å². The van der Waals surface area contributed by atoms with Gasteiger partial charge in [-0.1, -0.05) is 6.58 Å². The van der Waals surface area contributed by atoms with E-state index in [9.17, 15) is 14.8 Å². The highest BCUT2D eigenvalue weighted by molar-refractivity contribution is 7.51. The van der Waals surface area contributed by atoms with E-state index in [2.05, 4.69) is 11.9 Å². The molecule has 0 aliphatic rings. The van der Waals surface area contributed by atoms with Gasteiger partial charge in [-0.3, -0.25) is 4.79 Å². The Morgan fingerprint density at radius 3 is 2.56 bits per heavy atom. The molecule has 1 atom stereocenters. The Labute approximate surface area is 97.4 Å². The summed E-state index contributed by atoms with van der Waals surface area (Å²) in [5, 5.41) is 12.1. The fraction of sp³-hybridized carbons (Fsp3) is 0.600. The van der Waals surface area contributed by atoms with E-state index < -0.39 is 7.77 Å². The van der Waals surface area contributed by atoms with Crippen molar-refractivity contribution in [2.24, 2.45) is 0 Å². The summed E-state index contributed by atoms with van der Waals surface area (Å²) >= 11 is 0. The standard InChI is InChI=1S/C10H19N2O3P/c1-5-9(13)11-6-7-16(15)10(14)8-12(2,3)4/h5H,1,6-8H2,2-4H3,(H-,11,13,14)/p+1. The molecule has 0 heterocycles. The first-order valence-electron chi connectivity index (χ1n) is 4.96. The van der Waals surface area contributed by atoms with Crippen LogP contribution < -0.4 is 10.2 Å². The number of aliphatic hydroxyl groups is 1. The van der Waals surface area contributed by atoms with Crippen molar-refractivity contribution < 1.29 is 19.3 Å². The molecular formula is C10H20N2O3P+. The molecule has 0 aliphatic carbocycles. The molecule has 0 radical (unpaired) electrons. The Bertz CT molecular complexity index is 295. The van der Waals surface area contributed by atoms with Crippen LogP contribution in [0.1, 0.15) is 0 Å².